The molecule has 0 unspecified atom stereocenters. The molecule has 4 N–H and O–H groups in total. The zero-order valence-electron chi connectivity index (χ0n) is 47.5. The van der Waals surface area contributed by atoms with Crippen molar-refractivity contribution in [2.24, 2.45) is 10.8 Å². The van der Waals surface area contributed by atoms with Crippen molar-refractivity contribution in [3.05, 3.63) is 88.4 Å². The van der Waals surface area contributed by atoms with Crippen LogP contribution in [0.4, 0.5) is 17.8 Å². The lowest BCUT2D eigenvalue weighted by atomic mass is 9.92. The highest BCUT2D eigenvalue weighted by Gasteiger charge is 2.31. The maximum atomic E-state index is 12.7. The Labute approximate surface area is 432 Å². The number of aromatic nitrogens is 9. The number of nitrogens with zero attached hydrogens (tertiary/aromatic N) is 9. The lowest BCUT2D eigenvalue weighted by molar-refractivity contribution is -0.121. The number of fused-ring (bicyclic) bond motifs is 3. The summed E-state index contributed by atoms with van der Waals surface area (Å²) >= 11 is 0. The molecule has 1 aromatic carbocycles. The first kappa shape index (κ1) is 57.4. The van der Waals surface area contributed by atoms with Gasteiger partial charge in [0.15, 0.2) is 16.9 Å². The summed E-state index contributed by atoms with van der Waals surface area (Å²) in [6.07, 6.45) is 0.828. The molecule has 0 aliphatic heterocycles. The Morgan fingerprint density at radius 3 is 1.15 bits per heavy atom. The third-order valence-electron chi connectivity index (χ3n) is 11.8. The summed E-state index contributed by atoms with van der Waals surface area (Å²) in [4.78, 5) is 65.1. The number of rotatable bonds is 8. The van der Waals surface area contributed by atoms with Crippen LogP contribution in [-0.4, -0.2) is 66.4 Å². The number of anilines is 3. The number of imidazole rings is 3. The minimum atomic E-state index is -1.27. The molecular formula is C57H82N12O4. The van der Waals surface area contributed by atoms with Crippen LogP contribution >= 0.6 is 0 Å². The van der Waals surface area contributed by atoms with Crippen molar-refractivity contribution in [3.8, 4) is 0 Å². The van der Waals surface area contributed by atoms with Crippen LogP contribution < -0.4 is 16.0 Å². The van der Waals surface area contributed by atoms with Gasteiger partial charge in [0.1, 0.15) is 16.6 Å². The van der Waals surface area contributed by atoms with E-state index in [0.29, 0.717) is 36.3 Å². The normalized spacial score (nSPS) is 13.2. The molecule has 0 fully saturated rings. The molecule has 16 heteroatoms. The molecule has 0 saturated carbocycles. The second-order valence-corrected chi connectivity index (χ2v) is 25.0. The highest BCUT2D eigenvalue weighted by molar-refractivity contribution is 5.93. The predicted octanol–water partition coefficient (Wildman–Crippen LogP) is 12.1. The molecule has 0 spiro atoms. The van der Waals surface area contributed by atoms with Crippen LogP contribution in [-0.2, 0) is 36.6 Å². The van der Waals surface area contributed by atoms with Gasteiger partial charge in [0, 0.05) is 46.5 Å². The van der Waals surface area contributed by atoms with Crippen LogP contribution in [0.1, 0.15) is 164 Å². The first-order chi connectivity index (χ1) is 33.3. The molecule has 6 aromatic heterocycles. The highest BCUT2D eigenvalue weighted by Crippen LogP contribution is 2.32. The molecule has 0 saturated heterocycles. The van der Waals surface area contributed by atoms with Gasteiger partial charge < -0.3 is 5.11 Å². The topological polar surface area (TPSA) is 200 Å². The van der Waals surface area contributed by atoms with E-state index < -0.39 is 5.60 Å². The Morgan fingerprint density at radius 2 is 0.795 bits per heavy atom. The van der Waals surface area contributed by atoms with E-state index in [-0.39, 0.29) is 51.6 Å². The number of carbonyl (C=O) groups is 3. The zero-order chi connectivity index (χ0) is 55.0. The van der Waals surface area contributed by atoms with Crippen molar-refractivity contribution in [2.45, 2.75) is 187 Å². The number of aliphatic hydroxyl groups is 1. The molecule has 0 radical (unpaired) electrons. The van der Waals surface area contributed by atoms with Crippen LogP contribution in [0.5, 0.6) is 0 Å². The second kappa shape index (κ2) is 21.1. The largest absolute Gasteiger partial charge is 0.385 e. The van der Waals surface area contributed by atoms with Crippen molar-refractivity contribution in [3.63, 3.8) is 0 Å². The molecule has 73 heavy (non-hydrogen) atoms. The number of hydrogen-bond acceptors (Lipinski definition) is 10. The molecule has 6 heterocycles. The van der Waals surface area contributed by atoms with Gasteiger partial charge in [-0.15, -0.1) is 0 Å². The van der Waals surface area contributed by atoms with Crippen molar-refractivity contribution in [2.75, 3.05) is 16.0 Å². The van der Waals surface area contributed by atoms with Crippen molar-refractivity contribution in [1.82, 2.24) is 43.6 Å². The minimum absolute atomic E-state index is 0.0215. The summed E-state index contributed by atoms with van der Waals surface area (Å²) in [6.45, 7) is 42.5. The standard InChI is InChI=1S/C22H28N4O2.C18H28N4O.C17H26N4O/c1-14-12-17-19(23-15(14)2)26(21(3,4)5)20(24-17)25-18(27)13-22(6,28)16-10-8-7-9-11-16;1-11-9-13-15(19-12(11)2)22(18(6,7)8)16(20-13)21-14(23)10-17(3,4)5;1-11-8-9-12-14(18-11)21(17(5,6)7)15(19-12)20-13(22)10-16(2,3)4/h7-12,28H,13H2,1-6H3,(H,24,25,27);9H,10H2,1-8H3,(H,20,21,23);8-9H,10H2,1-7H3,(H,19,20,22)/t22-;;/m0../s1. The Hall–Kier alpha value is -6.55. The average molecular weight is 999 g/mol. The number of pyridine rings is 3. The van der Waals surface area contributed by atoms with Gasteiger partial charge in [0.2, 0.25) is 35.6 Å². The lowest BCUT2D eigenvalue weighted by Gasteiger charge is -2.26. The third kappa shape index (κ3) is 14.8. The predicted molar refractivity (Wildman–Crippen MR) is 296 cm³/mol. The van der Waals surface area contributed by atoms with E-state index >= 15 is 0 Å². The van der Waals surface area contributed by atoms with Crippen LogP contribution in [0.25, 0.3) is 33.5 Å². The molecular weight excluding hydrogens is 917 g/mol. The Kier molecular flexibility index (Phi) is 16.6. The van der Waals surface area contributed by atoms with Crippen molar-refractivity contribution >= 4 is 69.1 Å². The van der Waals surface area contributed by atoms with Gasteiger partial charge >= 0.3 is 0 Å². The van der Waals surface area contributed by atoms with Crippen LogP contribution in [0.3, 0.4) is 0 Å². The first-order valence-corrected chi connectivity index (χ1v) is 25.1. The fourth-order valence-electron chi connectivity index (χ4n) is 8.27. The summed E-state index contributed by atoms with van der Waals surface area (Å²) in [5, 5.41) is 19.6. The zero-order valence-corrected chi connectivity index (χ0v) is 47.5. The van der Waals surface area contributed by atoms with Gasteiger partial charge in [-0.2, -0.15) is 0 Å². The van der Waals surface area contributed by atoms with E-state index in [1.54, 1.807) is 6.92 Å². The molecule has 0 bridgehead atoms. The number of hydrogen-bond donors (Lipinski definition) is 4. The van der Waals surface area contributed by atoms with Gasteiger partial charge in [0.05, 0.1) is 12.0 Å². The molecule has 7 rings (SSSR count). The van der Waals surface area contributed by atoms with Gasteiger partial charge in [-0.25, -0.2) is 29.9 Å². The second-order valence-electron chi connectivity index (χ2n) is 25.0. The van der Waals surface area contributed by atoms with Crippen molar-refractivity contribution < 1.29 is 19.5 Å². The van der Waals surface area contributed by atoms with E-state index in [2.05, 4.69) is 77.4 Å². The molecule has 1 atom stereocenters. The monoisotopic (exact) mass is 999 g/mol. The fraction of sp³-hybridized carbons (Fsp3) is 0.526. The SMILES string of the molecule is Cc1cc2nc(NC(=O)CC(C)(C)C)n(C(C)(C)C)c2nc1C.Cc1cc2nc(NC(=O)C[C@](C)(O)c3ccccc3)n(C(C)(C)C)c2nc1C.Cc1ccc2nc(NC(=O)CC(C)(C)C)n(C(C)(C)C)c2n1. The number of aryl methyl sites for hydroxylation is 5. The summed E-state index contributed by atoms with van der Waals surface area (Å²) in [6, 6.07) is 17.1. The molecule has 3 amide bonds. The number of carbonyl (C=O) groups excluding carboxylic acids is 3. The maximum Gasteiger partial charge on any atom is 0.229 e. The van der Waals surface area contributed by atoms with E-state index in [1.165, 1.54) is 0 Å². The number of nitrogens with one attached hydrogen (secondary N) is 3. The molecule has 394 valence electrons. The van der Waals surface area contributed by atoms with E-state index in [4.69, 9.17) is 9.97 Å². The third-order valence-corrected chi connectivity index (χ3v) is 11.8. The fourth-order valence-corrected chi connectivity index (χ4v) is 8.27. The minimum Gasteiger partial charge on any atom is -0.385 e. The van der Waals surface area contributed by atoms with Gasteiger partial charge in [-0.3, -0.25) is 44.0 Å². The first-order valence-electron chi connectivity index (χ1n) is 25.1. The van der Waals surface area contributed by atoms with Gasteiger partial charge in [-0.05, 0) is 156 Å². The summed E-state index contributed by atoms with van der Waals surface area (Å²) in [5.41, 5.74) is 8.24. The van der Waals surface area contributed by atoms with Crippen LogP contribution in [0.2, 0.25) is 0 Å². The highest BCUT2D eigenvalue weighted by atomic mass is 16.3. The average Bonchev–Trinajstić information content (AvgIpc) is 3.86. The van der Waals surface area contributed by atoms with E-state index in [0.717, 1.165) is 61.7 Å². The Bertz CT molecular complexity index is 3120. The van der Waals surface area contributed by atoms with E-state index in [1.807, 2.05) is 165 Å². The molecule has 7 aromatic rings. The summed E-state index contributed by atoms with van der Waals surface area (Å²) in [5.74, 6) is 1.22. The van der Waals surface area contributed by atoms with Crippen LogP contribution in [0, 0.1) is 45.4 Å². The van der Waals surface area contributed by atoms with E-state index in [9.17, 15) is 19.5 Å². The molecule has 0 aliphatic carbocycles. The van der Waals surface area contributed by atoms with Crippen molar-refractivity contribution in [1.29, 1.82) is 0 Å². The Balaban J connectivity index is 0.000000205. The summed E-state index contributed by atoms with van der Waals surface area (Å²) < 4.78 is 5.94. The number of benzene rings is 1. The smallest absolute Gasteiger partial charge is 0.229 e. The Morgan fingerprint density at radius 1 is 0.452 bits per heavy atom. The maximum absolute atomic E-state index is 12.7. The van der Waals surface area contributed by atoms with Crippen LogP contribution in [0.15, 0.2) is 54.6 Å². The number of amides is 3. The molecule has 0 aliphatic rings. The van der Waals surface area contributed by atoms with Gasteiger partial charge in [-0.1, -0.05) is 71.9 Å². The molecule has 16 nitrogen and oxygen atoms in total. The lowest BCUT2D eigenvalue weighted by Crippen LogP contribution is -2.31. The quantitative estimate of drug-likeness (QED) is 0.114. The van der Waals surface area contributed by atoms with Gasteiger partial charge in [0.25, 0.3) is 0 Å². The summed E-state index contributed by atoms with van der Waals surface area (Å²) in [7, 11) is 0.